The molecule has 1 aliphatic heterocycles. The van der Waals surface area contributed by atoms with Crippen LogP contribution in [0.5, 0.6) is 11.5 Å². The molecule has 140 valence electrons. The third kappa shape index (κ3) is 4.75. The Morgan fingerprint density at radius 1 is 0.926 bits per heavy atom. The third-order valence-corrected chi connectivity index (χ3v) is 3.86. The Morgan fingerprint density at radius 2 is 1.67 bits per heavy atom. The van der Waals surface area contributed by atoms with Gasteiger partial charge < -0.3 is 14.8 Å². The molecule has 0 bridgehead atoms. The summed E-state index contributed by atoms with van der Waals surface area (Å²) in [6, 6.07) is 13.0. The predicted molar refractivity (Wildman–Crippen MR) is 96.2 cm³/mol. The fourth-order valence-corrected chi connectivity index (χ4v) is 2.51. The topological polar surface area (TPSA) is 106 Å². The van der Waals surface area contributed by atoms with Gasteiger partial charge in [-0.15, -0.1) is 0 Å². The number of carbonyl (C=O) groups is 3. The van der Waals surface area contributed by atoms with Crippen molar-refractivity contribution in [1.82, 2.24) is 16.2 Å². The van der Waals surface area contributed by atoms with E-state index >= 15 is 0 Å². The van der Waals surface area contributed by atoms with Gasteiger partial charge in [0.15, 0.2) is 11.5 Å². The van der Waals surface area contributed by atoms with Gasteiger partial charge in [0.2, 0.25) is 12.7 Å². The second-order valence-electron chi connectivity index (χ2n) is 6.01. The number of nitrogens with one attached hydrogen (secondary N) is 3. The molecule has 0 saturated heterocycles. The Morgan fingerprint density at radius 3 is 2.44 bits per heavy atom. The fourth-order valence-electron chi connectivity index (χ4n) is 2.51. The van der Waals surface area contributed by atoms with Crippen LogP contribution in [0.3, 0.4) is 0 Å². The molecule has 0 aliphatic carbocycles. The van der Waals surface area contributed by atoms with Crippen LogP contribution >= 0.6 is 0 Å². The maximum absolute atomic E-state index is 12.1. The summed E-state index contributed by atoms with van der Waals surface area (Å²) in [6.07, 6.45) is 0.0139. The van der Waals surface area contributed by atoms with Crippen molar-refractivity contribution >= 4 is 17.7 Å². The second kappa shape index (κ2) is 8.22. The van der Waals surface area contributed by atoms with E-state index in [1.54, 1.807) is 43.3 Å². The highest BCUT2D eigenvalue weighted by molar-refractivity contribution is 5.96. The molecule has 3 rings (SSSR count). The van der Waals surface area contributed by atoms with Crippen LogP contribution in [0, 0.1) is 0 Å². The van der Waals surface area contributed by atoms with Gasteiger partial charge in [-0.25, -0.2) is 0 Å². The van der Waals surface area contributed by atoms with Gasteiger partial charge in [0.05, 0.1) is 0 Å². The summed E-state index contributed by atoms with van der Waals surface area (Å²) in [5, 5.41) is 2.73. The van der Waals surface area contributed by atoms with E-state index in [0.29, 0.717) is 22.6 Å². The van der Waals surface area contributed by atoms with Crippen LogP contribution in [0.1, 0.15) is 34.1 Å². The van der Waals surface area contributed by atoms with Gasteiger partial charge >= 0.3 is 0 Å². The number of fused-ring (bicyclic) bond motifs is 1. The SMILES string of the molecule is CC(CC(=O)NNC(=O)c1ccc2c(c1)OCO2)NC(=O)c1ccccc1. The number of benzene rings is 2. The van der Waals surface area contributed by atoms with Crippen molar-refractivity contribution in [3.63, 3.8) is 0 Å². The average molecular weight is 369 g/mol. The molecular weight excluding hydrogens is 350 g/mol. The van der Waals surface area contributed by atoms with E-state index in [2.05, 4.69) is 16.2 Å². The van der Waals surface area contributed by atoms with Crippen LogP contribution in [-0.4, -0.2) is 30.6 Å². The van der Waals surface area contributed by atoms with Gasteiger partial charge in [0, 0.05) is 23.6 Å². The molecule has 2 aromatic carbocycles. The van der Waals surface area contributed by atoms with Gasteiger partial charge in [0.1, 0.15) is 0 Å². The highest BCUT2D eigenvalue weighted by Crippen LogP contribution is 2.32. The van der Waals surface area contributed by atoms with E-state index in [1.807, 2.05) is 6.07 Å². The molecule has 1 atom stereocenters. The number of hydrogen-bond acceptors (Lipinski definition) is 5. The molecule has 1 heterocycles. The number of hydrazine groups is 1. The molecule has 8 nitrogen and oxygen atoms in total. The number of carbonyl (C=O) groups excluding carboxylic acids is 3. The Hall–Kier alpha value is -3.55. The van der Waals surface area contributed by atoms with Crippen LogP contribution in [-0.2, 0) is 4.79 Å². The van der Waals surface area contributed by atoms with Crippen molar-refractivity contribution in [2.75, 3.05) is 6.79 Å². The van der Waals surface area contributed by atoms with Crippen molar-refractivity contribution in [3.05, 3.63) is 59.7 Å². The van der Waals surface area contributed by atoms with Crippen molar-refractivity contribution in [2.24, 2.45) is 0 Å². The first-order valence-corrected chi connectivity index (χ1v) is 8.37. The lowest BCUT2D eigenvalue weighted by Crippen LogP contribution is -2.44. The Kier molecular flexibility index (Phi) is 5.55. The van der Waals surface area contributed by atoms with E-state index < -0.39 is 17.9 Å². The number of amides is 3. The summed E-state index contributed by atoms with van der Waals surface area (Å²) in [7, 11) is 0. The average Bonchev–Trinajstić information content (AvgIpc) is 3.14. The molecule has 3 amide bonds. The molecule has 27 heavy (non-hydrogen) atoms. The highest BCUT2D eigenvalue weighted by Gasteiger charge is 2.17. The zero-order valence-corrected chi connectivity index (χ0v) is 14.7. The zero-order chi connectivity index (χ0) is 19.2. The largest absolute Gasteiger partial charge is 0.454 e. The van der Waals surface area contributed by atoms with Crippen LogP contribution < -0.4 is 25.6 Å². The Balaban J connectivity index is 1.45. The lowest BCUT2D eigenvalue weighted by molar-refractivity contribution is -0.122. The van der Waals surface area contributed by atoms with E-state index in [0.717, 1.165) is 0 Å². The quantitative estimate of drug-likeness (QED) is 0.691. The summed E-state index contributed by atoms with van der Waals surface area (Å²) >= 11 is 0. The minimum absolute atomic E-state index is 0.0139. The predicted octanol–water partition coefficient (Wildman–Crippen LogP) is 1.38. The number of rotatable bonds is 5. The molecule has 0 radical (unpaired) electrons. The summed E-state index contributed by atoms with van der Waals surface area (Å²) in [4.78, 5) is 36.1. The van der Waals surface area contributed by atoms with E-state index in [1.165, 1.54) is 6.07 Å². The molecule has 1 aliphatic rings. The maximum atomic E-state index is 12.1. The number of hydrogen-bond donors (Lipinski definition) is 3. The van der Waals surface area contributed by atoms with Gasteiger partial charge in [-0.1, -0.05) is 18.2 Å². The third-order valence-electron chi connectivity index (χ3n) is 3.86. The van der Waals surface area contributed by atoms with Crippen LogP contribution in [0.15, 0.2) is 48.5 Å². The molecule has 0 saturated carbocycles. The standard InChI is InChI=1S/C19H19N3O5/c1-12(20-18(24)13-5-3-2-4-6-13)9-17(23)21-22-19(25)14-7-8-15-16(10-14)27-11-26-15/h2-8,10,12H,9,11H2,1H3,(H,20,24)(H,21,23)(H,22,25). The monoisotopic (exact) mass is 369 g/mol. The summed E-state index contributed by atoms with van der Waals surface area (Å²) in [5.41, 5.74) is 5.50. The van der Waals surface area contributed by atoms with Gasteiger partial charge in [-0.3, -0.25) is 25.2 Å². The van der Waals surface area contributed by atoms with Crippen LogP contribution in [0.2, 0.25) is 0 Å². The fraction of sp³-hybridized carbons (Fsp3) is 0.211. The van der Waals surface area contributed by atoms with E-state index in [-0.39, 0.29) is 19.1 Å². The molecule has 0 fully saturated rings. The van der Waals surface area contributed by atoms with Gasteiger partial charge in [0.25, 0.3) is 11.8 Å². The van der Waals surface area contributed by atoms with Crippen molar-refractivity contribution in [2.45, 2.75) is 19.4 Å². The molecule has 0 spiro atoms. The van der Waals surface area contributed by atoms with Crippen molar-refractivity contribution in [1.29, 1.82) is 0 Å². The molecule has 2 aromatic rings. The lowest BCUT2D eigenvalue weighted by atomic mass is 10.1. The van der Waals surface area contributed by atoms with Crippen LogP contribution in [0.25, 0.3) is 0 Å². The second-order valence-corrected chi connectivity index (χ2v) is 6.01. The lowest BCUT2D eigenvalue weighted by Gasteiger charge is -2.14. The van der Waals surface area contributed by atoms with E-state index in [4.69, 9.17) is 9.47 Å². The molecule has 3 N–H and O–H groups in total. The minimum Gasteiger partial charge on any atom is -0.454 e. The van der Waals surface area contributed by atoms with Gasteiger partial charge in [-0.2, -0.15) is 0 Å². The summed E-state index contributed by atoms with van der Waals surface area (Å²) in [5.74, 6) is -0.127. The molecular formula is C19H19N3O5. The van der Waals surface area contributed by atoms with Crippen molar-refractivity contribution < 1.29 is 23.9 Å². The number of ether oxygens (including phenoxy) is 2. The molecule has 0 aromatic heterocycles. The van der Waals surface area contributed by atoms with Gasteiger partial charge in [-0.05, 0) is 37.3 Å². The minimum atomic E-state index is -0.484. The normalized spacial score (nSPS) is 12.8. The first kappa shape index (κ1) is 18.2. The maximum Gasteiger partial charge on any atom is 0.269 e. The highest BCUT2D eigenvalue weighted by atomic mass is 16.7. The van der Waals surface area contributed by atoms with E-state index in [9.17, 15) is 14.4 Å². The summed E-state index contributed by atoms with van der Waals surface area (Å²) < 4.78 is 10.4. The first-order chi connectivity index (χ1) is 13.0. The zero-order valence-electron chi connectivity index (χ0n) is 14.7. The Bertz CT molecular complexity index is 854. The van der Waals surface area contributed by atoms with Crippen LogP contribution in [0.4, 0.5) is 0 Å². The first-order valence-electron chi connectivity index (χ1n) is 8.37. The smallest absolute Gasteiger partial charge is 0.269 e. The molecule has 1 unspecified atom stereocenters. The summed E-state index contributed by atoms with van der Waals surface area (Å²) in [6.45, 7) is 1.82. The van der Waals surface area contributed by atoms with Crippen molar-refractivity contribution in [3.8, 4) is 11.5 Å². The Labute approximate surface area is 155 Å². The molecule has 8 heteroatoms.